The molecule has 108 valence electrons. The Kier molecular flexibility index (Phi) is 4.25. The van der Waals surface area contributed by atoms with Gasteiger partial charge in [-0.05, 0) is 59.3 Å². The van der Waals surface area contributed by atoms with E-state index in [1.807, 2.05) is 7.05 Å². The van der Waals surface area contributed by atoms with Gasteiger partial charge in [-0.25, -0.2) is 4.98 Å². The van der Waals surface area contributed by atoms with Crippen LogP contribution < -0.4 is 10.6 Å². The molecule has 3 aromatic rings. The van der Waals surface area contributed by atoms with E-state index in [0.717, 1.165) is 28.1 Å². The van der Waals surface area contributed by atoms with Crippen LogP contribution in [0.15, 0.2) is 30.3 Å². The van der Waals surface area contributed by atoms with Gasteiger partial charge in [-0.2, -0.15) is 4.98 Å². The number of nitrogens with one attached hydrogen (secondary N) is 2. The third kappa shape index (κ3) is 3.11. The number of aromatic nitrogens is 2. The molecule has 0 atom stereocenters. The van der Waals surface area contributed by atoms with Crippen LogP contribution in [0.3, 0.4) is 0 Å². The predicted molar refractivity (Wildman–Crippen MR) is 98.8 cm³/mol. The van der Waals surface area contributed by atoms with E-state index >= 15 is 0 Å². The molecular weight excluding hydrogens is 395 g/mol. The van der Waals surface area contributed by atoms with Crippen molar-refractivity contribution >= 4 is 61.6 Å². The predicted octanol–water partition coefficient (Wildman–Crippen LogP) is 4.64. The van der Waals surface area contributed by atoms with Crippen LogP contribution in [-0.2, 0) is 6.42 Å². The fourth-order valence-corrected chi connectivity index (χ4v) is 3.35. The van der Waals surface area contributed by atoms with Crippen molar-refractivity contribution < 1.29 is 0 Å². The molecule has 0 aliphatic heterocycles. The van der Waals surface area contributed by atoms with Gasteiger partial charge in [0.1, 0.15) is 10.6 Å². The van der Waals surface area contributed by atoms with Gasteiger partial charge in [0.05, 0.1) is 5.39 Å². The first kappa shape index (κ1) is 14.5. The highest BCUT2D eigenvalue weighted by molar-refractivity contribution is 14.1. The maximum atomic E-state index is 4.56. The van der Waals surface area contributed by atoms with Crippen molar-refractivity contribution in [3.63, 3.8) is 0 Å². The minimum Gasteiger partial charge on any atom is -0.357 e. The van der Waals surface area contributed by atoms with E-state index < -0.39 is 0 Å². The number of fused-ring (bicyclic) bond motifs is 1. The lowest BCUT2D eigenvalue weighted by molar-refractivity contribution is 1.19. The van der Waals surface area contributed by atoms with Crippen LogP contribution in [0.2, 0.25) is 0 Å². The molecular formula is C15H15IN4S. The quantitative estimate of drug-likeness (QED) is 0.616. The Morgan fingerprint density at radius 3 is 2.62 bits per heavy atom. The molecule has 0 aliphatic carbocycles. The second-order valence-electron chi connectivity index (χ2n) is 4.56. The second kappa shape index (κ2) is 6.15. The number of hydrogen-bond acceptors (Lipinski definition) is 5. The smallest absolute Gasteiger partial charge is 0.225 e. The molecule has 6 heteroatoms. The van der Waals surface area contributed by atoms with Crippen LogP contribution in [0.5, 0.6) is 0 Å². The summed E-state index contributed by atoms with van der Waals surface area (Å²) in [6.07, 6.45) is 1.01. The normalized spacial score (nSPS) is 10.8. The molecule has 0 fully saturated rings. The van der Waals surface area contributed by atoms with E-state index in [0.29, 0.717) is 5.95 Å². The third-order valence-corrected chi connectivity index (χ3v) is 5.02. The van der Waals surface area contributed by atoms with E-state index in [1.165, 1.54) is 8.45 Å². The lowest BCUT2D eigenvalue weighted by Crippen LogP contribution is -2.00. The van der Waals surface area contributed by atoms with Gasteiger partial charge in [0.2, 0.25) is 5.95 Å². The average Bonchev–Trinajstić information content (AvgIpc) is 2.92. The van der Waals surface area contributed by atoms with Gasteiger partial charge < -0.3 is 10.6 Å². The topological polar surface area (TPSA) is 49.8 Å². The van der Waals surface area contributed by atoms with Crippen LogP contribution in [0.1, 0.15) is 11.8 Å². The van der Waals surface area contributed by atoms with E-state index in [1.54, 1.807) is 11.3 Å². The summed E-state index contributed by atoms with van der Waals surface area (Å²) in [5.74, 6) is 1.49. The Labute approximate surface area is 141 Å². The molecule has 0 bridgehead atoms. The molecule has 2 aromatic heterocycles. The summed E-state index contributed by atoms with van der Waals surface area (Å²) < 4.78 is 1.21. The Balaban J connectivity index is 2.06. The highest BCUT2D eigenvalue weighted by atomic mass is 127. The lowest BCUT2D eigenvalue weighted by Gasteiger charge is -2.08. The summed E-state index contributed by atoms with van der Waals surface area (Å²) in [6, 6.07) is 10.4. The largest absolute Gasteiger partial charge is 0.357 e. The Bertz CT molecular complexity index is 767. The van der Waals surface area contributed by atoms with Crippen molar-refractivity contribution in [2.45, 2.75) is 13.3 Å². The van der Waals surface area contributed by atoms with E-state index in [2.05, 4.69) is 80.4 Å². The number of halogens is 1. The first-order valence-corrected chi connectivity index (χ1v) is 8.60. The van der Waals surface area contributed by atoms with Crippen LogP contribution >= 0.6 is 33.9 Å². The molecule has 3 rings (SSSR count). The monoisotopic (exact) mass is 410 g/mol. The number of hydrogen-bond donors (Lipinski definition) is 2. The molecule has 2 heterocycles. The molecule has 0 radical (unpaired) electrons. The van der Waals surface area contributed by atoms with Gasteiger partial charge in [-0.15, -0.1) is 11.3 Å². The van der Waals surface area contributed by atoms with Crippen LogP contribution in [0.4, 0.5) is 17.5 Å². The van der Waals surface area contributed by atoms with Crippen molar-refractivity contribution in [3.8, 4) is 0 Å². The molecule has 2 N–H and O–H groups in total. The van der Waals surface area contributed by atoms with Crippen molar-refractivity contribution in [2.75, 3.05) is 17.7 Å². The fraction of sp³-hybridized carbons (Fsp3) is 0.200. The maximum absolute atomic E-state index is 4.56. The van der Waals surface area contributed by atoms with Gasteiger partial charge in [0.25, 0.3) is 0 Å². The number of nitrogens with zero attached hydrogens (tertiary/aromatic N) is 2. The minimum absolute atomic E-state index is 0.639. The van der Waals surface area contributed by atoms with Gasteiger partial charge in [0, 0.05) is 21.2 Å². The summed E-state index contributed by atoms with van der Waals surface area (Å²) in [7, 11) is 1.84. The molecule has 0 saturated carbocycles. The third-order valence-electron chi connectivity index (χ3n) is 3.12. The SMILES string of the molecule is CCc1cc2c(Nc3ccc(I)cc3)nc(NC)nc2s1. The Hall–Kier alpha value is -1.41. The Morgan fingerprint density at radius 2 is 1.95 bits per heavy atom. The molecule has 4 nitrogen and oxygen atoms in total. The summed E-state index contributed by atoms with van der Waals surface area (Å²) in [5.41, 5.74) is 1.03. The molecule has 0 aliphatic rings. The van der Waals surface area contributed by atoms with Crippen molar-refractivity contribution in [3.05, 3.63) is 38.8 Å². The zero-order valence-electron chi connectivity index (χ0n) is 11.8. The van der Waals surface area contributed by atoms with Gasteiger partial charge in [-0.1, -0.05) is 6.92 Å². The zero-order valence-corrected chi connectivity index (χ0v) is 14.7. The lowest BCUT2D eigenvalue weighted by atomic mass is 10.3. The van der Waals surface area contributed by atoms with E-state index in [4.69, 9.17) is 0 Å². The summed E-state index contributed by atoms with van der Waals surface area (Å²) in [5, 5.41) is 7.50. The number of anilines is 3. The van der Waals surface area contributed by atoms with Crippen LogP contribution in [0.25, 0.3) is 10.2 Å². The number of thiophene rings is 1. The minimum atomic E-state index is 0.639. The first-order valence-electron chi connectivity index (χ1n) is 6.70. The Morgan fingerprint density at radius 1 is 1.19 bits per heavy atom. The van der Waals surface area contributed by atoms with Crippen LogP contribution in [0, 0.1) is 3.57 Å². The van der Waals surface area contributed by atoms with Gasteiger partial charge >= 0.3 is 0 Å². The summed E-state index contributed by atoms with van der Waals surface area (Å²) in [6.45, 7) is 2.16. The highest BCUT2D eigenvalue weighted by Crippen LogP contribution is 2.32. The van der Waals surface area contributed by atoms with Gasteiger partial charge in [-0.3, -0.25) is 0 Å². The second-order valence-corrected chi connectivity index (χ2v) is 6.92. The highest BCUT2D eigenvalue weighted by Gasteiger charge is 2.11. The van der Waals surface area contributed by atoms with Gasteiger partial charge in [0.15, 0.2) is 0 Å². The van der Waals surface area contributed by atoms with E-state index in [-0.39, 0.29) is 0 Å². The molecule has 0 saturated heterocycles. The molecule has 0 spiro atoms. The zero-order chi connectivity index (χ0) is 14.8. The van der Waals surface area contributed by atoms with Crippen molar-refractivity contribution in [2.24, 2.45) is 0 Å². The molecule has 1 aromatic carbocycles. The number of rotatable bonds is 4. The summed E-state index contributed by atoms with van der Waals surface area (Å²) >= 11 is 4.02. The van der Waals surface area contributed by atoms with Crippen LogP contribution in [-0.4, -0.2) is 17.0 Å². The summed E-state index contributed by atoms with van der Waals surface area (Å²) in [4.78, 5) is 11.4. The first-order chi connectivity index (χ1) is 10.2. The molecule has 21 heavy (non-hydrogen) atoms. The molecule has 0 amide bonds. The van der Waals surface area contributed by atoms with E-state index in [9.17, 15) is 0 Å². The number of benzene rings is 1. The molecule has 0 unspecified atom stereocenters. The van der Waals surface area contributed by atoms with Crippen molar-refractivity contribution in [1.82, 2.24) is 9.97 Å². The average molecular weight is 410 g/mol. The number of aryl methyl sites for hydroxylation is 1. The van der Waals surface area contributed by atoms with Crippen molar-refractivity contribution in [1.29, 1.82) is 0 Å². The standard InChI is InChI=1S/C15H15IN4S/c1-3-11-8-12-13(18-10-6-4-9(16)5-7-10)19-15(17-2)20-14(12)21-11/h4-8H,3H2,1-2H3,(H2,17,18,19,20). The maximum Gasteiger partial charge on any atom is 0.225 e. The fourth-order valence-electron chi connectivity index (χ4n) is 2.02.